The Labute approximate surface area is 139 Å². The molecule has 0 unspecified atom stereocenters. The van der Waals surface area contributed by atoms with Crippen molar-refractivity contribution in [2.24, 2.45) is 0 Å². The molecule has 0 atom stereocenters. The Bertz CT molecular complexity index is 708. The van der Waals surface area contributed by atoms with Crippen molar-refractivity contribution in [3.05, 3.63) is 50.3 Å². The molecule has 0 bridgehead atoms. The van der Waals surface area contributed by atoms with Crippen molar-refractivity contribution < 1.29 is 17.9 Å². The van der Waals surface area contributed by atoms with E-state index >= 15 is 0 Å². The van der Waals surface area contributed by atoms with Gasteiger partial charge in [-0.2, -0.15) is 18.2 Å². The molecule has 0 N–H and O–H groups in total. The summed E-state index contributed by atoms with van der Waals surface area (Å²) in [6.07, 6.45) is -4.71. The Morgan fingerprint density at radius 1 is 1.09 bits per heavy atom. The molecule has 2 aromatic rings. The average molecular weight is 372 g/mol. The molecular weight excluding hydrogens is 364 g/mol. The zero-order chi connectivity index (χ0) is 16.5. The SMILES string of the molecule is Cc1c(Cl)nc(C(F)(F)F)nc1OCc1ccc(Cl)c(Cl)c1. The van der Waals surface area contributed by atoms with Gasteiger partial charge in [0.15, 0.2) is 0 Å². The van der Waals surface area contributed by atoms with E-state index in [1.807, 2.05) is 0 Å². The van der Waals surface area contributed by atoms with Crippen LogP contribution >= 0.6 is 34.8 Å². The first-order valence-corrected chi connectivity index (χ1v) is 7.00. The average Bonchev–Trinajstić information content (AvgIpc) is 2.42. The highest BCUT2D eigenvalue weighted by Crippen LogP contribution is 2.31. The lowest BCUT2D eigenvalue weighted by atomic mass is 10.2. The predicted molar refractivity (Wildman–Crippen MR) is 77.6 cm³/mol. The van der Waals surface area contributed by atoms with E-state index in [0.29, 0.717) is 15.6 Å². The molecule has 0 saturated heterocycles. The molecule has 0 saturated carbocycles. The fourth-order valence-corrected chi connectivity index (χ4v) is 2.00. The molecule has 0 spiro atoms. The van der Waals surface area contributed by atoms with E-state index < -0.39 is 12.0 Å². The third-order valence-corrected chi connectivity index (χ3v) is 3.76. The zero-order valence-corrected chi connectivity index (χ0v) is 13.3. The van der Waals surface area contributed by atoms with Crippen molar-refractivity contribution in [1.29, 1.82) is 0 Å². The third-order valence-electron chi connectivity index (χ3n) is 2.65. The van der Waals surface area contributed by atoms with Gasteiger partial charge in [-0.15, -0.1) is 0 Å². The van der Waals surface area contributed by atoms with E-state index in [-0.39, 0.29) is 23.2 Å². The molecular formula is C13H8Cl3F3N2O. The first kappa shape index (κ1) is 17.1. The summed E-state index contributed by atoms with van der Waals surface area (Å²) in [5, 5.41) is 0.369. The van der Waals surface area contributed by atoms with Crippen LogP contribution in [0.5, 0.6) is 5.88 Å². The van der Waals surface area contributed by atoms with Crippen LogP contribution in [0.25, 0.3) is 0 Å². The summed E-state index contributed by atoms with van der Waals surface area (Å²) in [5.41, 5.74) is 0.840. The van der Waals surface area contributed by atoms with Crippen LogP contribution in [0.2, 0.25) is 15.2 Å². The van der Waals surface area contributed by atoms with Crippen molar-refractivity contribution in [3.8, 4) is 5.88 Å². The first-order chi connectivity index (χ1) is 10.2. The van der Waals surface area contributed by atoms with Gasteiger partial charge in [0.1, 0.15) is 11.8 Å². The van der Waals surface area contributed by atoms with E-state index in [2.05, 4.69) is 9.97 Å². The van der Waals surface area contributed by atoms with E-state index in [1.165, 1.54) is 6.92 Å². The minimum atomic E-state index is -4.71. The second kappa shape index (κ2) is 6.48. The van der Waals surface area contributed by atoms with Crippen molar-refractivity contribution >= 4 is 34.8 Å². The van der Waals surface area contributed by atoms with Gasteiger partial charge in [0.2, 0.25) is 11.7 Å². The number of nitrogens with zero attached hydrogens (tertiary/aromatic N) is 2. The van der Waals surface area contributed by atoms with Gasteiger partial charge in [-0.1, -0.05) is 40.9 Å². The van der Waals surface area contributed by atoms with Crippen LogP contribution in [0.4, 0.5) is 13.2 Å². The van der Waals surface area contributed by atoms with Crippen LogP contribution < -0.4 is 4.74 Å². The fourth-order valence-electron chi connectivity index (χ4n) is 1.52. The minimum absolute atomic E-state index is 0.0393. The Kier molecular flexibility index (Phi) is 5.04. The topological polar surface area (TPSA) is 35.0 Å². The Morgan fingerprint density at radius 3 is 2.36 bits per heavy atom. The second-order valence-electron chi connectivity index (χ2n) is 4.30. The summed E-state index contributed by atoms with van der Waals surface area (Å²) in [6, 6.07) is 4.74. The molecule has 2 rings (SSSR count). The minimum Gasteiger partial charge on any atom is -0.472 e. The summed E-state index contributed by atoms with van der Waals surface area (Å²) in [5.74, 6) is -1.59. The largest absolute Gasteiger partial charge is 0.472 e. The van der Waals surface area contributed by atoms with Crippen molar-refractivity contribution in [2.45, 2.75) is 19.7 Å². The van der Waals surface area contributed by atoms with Crippen molar-refractivity contribution in [3.63, 3.8) is 0 Å². The number of halogens is 6. The van der Waals surface area contributed by atoms with Gasteiger partial charge in [0, 0.05) is 5.56 Å². The third kappa shape index (κ3) is 3.94. The molecule has 3 nitrogen and oxygen atoms in total. The molecule has 22 heavy (non-hydrogen) atoms. The summed E-state index contributed by atoms with van der Waals surface area (Å²) < 4.78 is 43.3. The number of aromatic nitrogens is 2. The zero-order valence-electron chi connectivity index (χ0n) is 11.0. The molecule has 0 amide bonds. The van der Waals surface area contributed by atoms with Gasteiger partial charge in [0.05, 0.1) is 10.0 Å². The summed E-state index contributed by atoms with van der Waals surface area (Å²) in [4.78, 5) is 6.55. The molecule has 118 valence electrons. The van der Waals surface area contributed by atoms with Crippen molar-refractivity contribution in [1.82, 2.24) is 9.97 Å². The molecule has 0 aliphatic carbocycles. The number of hydrogen-bond acceptors (Lipinski definition) is 3. The van der Waals surface area contributed by atoms with Crippen LogP contribution in [0.1, 0.15) is 17.0 Å². The highest BCUT2D eigenvalue weighted by atomic mass is 35.5. The van der Waals surface area contributed by atoms with Gasteiger partial charge < -0.3 is 4.74 Å². The van der Waals surface area contributed by atoms with Gasteiger partial charge in [-0.05, 0) is 24.6 Å². The van der Waals surface area contributed by atoms with E-state index in [1.54, 1.807) is 18.2 Å². The maximum Gasteiger partial charge on any atom is 0.451 e. The molecule has 0 radical (unpaired) electrons. The lowest BCUT2D eigenvalue weighted by Gasteiger charge is -2.12. The number of alkyl halides is 3. The van der Waals surface area contributed by atoms with Crippen LogP contribution in [0.3, 0.4) is 0 Å². The molecule has 1 aromatic heterocycles. The Morgan fingerprint density at radius 2 is 1.77 bits per heavy atom. The molecule has 9 heteroatoms. The smallest absolute Gasteiger partial charge is 0.451 e. The second-order valence-corrected chi connectivity index (χ2v) is 5.48. The van der Waals surface area contributed by atoms with Crippen LogP contribution in [-0.2, 0) is 12.8 Å². The van der Waals surface area contributed by atoms with Crippen LogP contribution in [-0.4, -0.2) is 9.97 Å². The maximum absolute atomic E-state index is 12.7. The molecule has 1 heterocycles. The van der Waals surface area contributed by atoms with E-state index in [0.717, 1.165) is 0 Å². The summed E-state index contributed by atoms with van der Waals surface area (Å²) in [7, 11) is 0. The standard InChI is InChI=1S/C13H8Cl3F3N2O/c1-6-10(16)20-12(13(17,18)19)21-11(6)22-5-7-2-3-8(14)9(15)4-7/h2-4H,5H2,1H3. The number of hydrogen-bond donors (Lipinski definition) is 0. The summed E-state index contributed by atoms with van der Waals surface area (Å²) in [6.45, 7) is 1.43. The fraction of sp³-hybridized carbons (Fsp3) is 0.231. The van der Waals surface area contributed by atoms with Gasteiger partial charge in [-0.3, -0.25) is 0 Å². The number of benzene rings is 1. The summed E-state index contributed by atoms with van der Waals surface area (Å²) >= 11 is 17.3. The maximum atomic E-state index is 12.7. The number of rotatable bonds is 3. The van der Waals surface area contributed by atoms with E-state index in [9.17, 15) is 13.2 Å². The monoisotopic (exact) mass is 370 g/mol. The van der Waals surface area contributed by atoms with E-state index in [4.69, 9.17) is 39.5 Å². The van der Waals surface area contributed by atoms with Crippen LogP contribution in [0, 0.1) is 6.92 Å². The molecule has 0 fully saturated rings. The molecule has 0 aliphatic rings. The first-order valence-electron chi connectivity index (χ1n) is 5.86. The lowest BCUT2D eigenvalue weighted by molar-refractivity contribution is -0.145. The van der Waals surface area contributed by atoms with Crippen LogP contribution in [0.15, 0.2) is 18.2 Å². The van der Waals surface area contributed by atoms with Gasteiger partial charge in [0.25, 0.3) is 0 Å². The molecule has 0 aliphatic heterocycles. The van der Waals surface area contributed by atoms with Crippen molar-refractivity contribution in [2.75, 3.05) is 0 Å². The lowest BCUT2D eigenvalue weighted by Crippen LogP contribution is -2.13. The Hall–Kier alpha value is -1.24. The highest BCUT2D eigenvalue weighted by Gasteiger charge is 2.36. The number of ether oxygens (including phenoxy) is 1. The molecule has 1 aromatic carbocycles. The van der Waals surface area contributed by atoms with Gasteiger partial charge >= 0.3 is 6.18 Å². The Balaban J connectivity index is 2.25. The van der Waals surface area contributed by atoms with Gasteiger partial charge in [-0.25, -0.2) is 4.98 Å². The normalized spacial score (nSPS) is 11.6. The quantitative estimate of drug-likeness (QED) is 0.683. The highest BCUT2D eigenvalue weighted by molar-refractivity contribution is 6.42. The predicted octanol–water partition coefficient (Wildman–Crippen LogP) is 5.34.